The normalized spacial score (nSPS) is 10.9. The smallest absolute Gasteiger partial charge is 0.282 e. The van der Waals surface area contributed by atoms with Gasteiger partial charge in [-0.15, -0.1) is 0 Å². The molecule has 0 atom stereocenters. The highest BCUT2D eigenvalue weighted by Crippen LogP contribution is 2.21. The summed E-state index contributed by atoms with van der Waals surface area (Å²) in [6.07, 6.45) is 2.87. The molecule has 0 spiro atoms. The van der Waals surface area contributed by atoms with Crippen molar-refractivity contribution in [3.8, 4) is 0 Å². The molecule has 7 nitrogen and oxygen atoms in total. The fraction of sp³-hybridized carbons (Fsp3) is 0.0952. The van der Waals surface area contributed by atoms with Crippen LogP contribution in [0, 0.1) is 5.82 Å². The zero-order valence-corrected chi connectivity index (χ0v) is 17.5. The van der Waals surface area contributed by atoms with Crippen molar-refractivity contribution in [3.05, 3.63) is 87.7 Å². The zero-order chi connectivity index (χ0) is 21.8. The average molecular weight is 456 g/mol. The number of anilines is 1. The van der Waals surface area contributed by atoms with E-state index in [0.717, 1.165) is 23.4 Å². The maximum absolute atomic E-state index is 13.9. The van der Waals surface area contributed by atoms with Crippen molar-refractivity contribution in [1.29, 1.82) is 0 Å². The molecule has 0 unspecified atom stereocenters. The Bertz CT molecular complexity index is 1320. The van der Waals surface area contributed by atoms with Gasteiger partial charge in [0, 0.05) is 17.4 Å². The molecule has 1 amide bonds. The van der Waals surface area contributed by atoms with Crippen LogP contribution in [0.2, 0.25) is 5.02 Å². The van der Waals surface area contributed by atoms with Crippen LogP contribution < -0.4 is 10.9 Å². The lowest BCUT2D eigenvalue weighted by molar-refractivity contribution is -0.113. The van der Waals surface area contributed by atoms with E-state index in [1.165, 1.54) is 29.1 Å². The van der Waals surface area contributed by atoms with E-state index in [4.69, 9.17) is 11.6 Å². The molecular weight excluding hydrogens is 441 g/mol. The van der Waals surface area contributed by atoms with Gasteiger partial charge in [0.15, 0.2) is 16.3 Å². The third-order valence-corrected chi connectivity index (χ3v) is 5.49. The van der Waals surface area contributed by atoms with E-state index in [1.54, 1.807) is 0 Å². The second kappa shape index (κ2) is 9.23. The molecule has 2 aromatic carbocycles. The molecule has 2 aromatic heterocycles. The van der Waals surface area contributed by atoms with Gasteiger partial charge in [-0.2, -0.15) is 0 Å². The van der Waals surface area contributed by atoms with Crippen molar-refractivity contribution in [2.45, 2.75) is 11.7 Å². The monoisotopic (exact) mass is 455 g/mol. The average Bonchev–Trinajstić information content (AvgIpc) is 2.77. The fourth-order valence-electron chi connectivity index (χ4n) is 2.85. The summed E-state index contributed by atoms with van der Waals surface area (Å²) >= 11 is 6.79. The molecular formula is C21H15ClFN5O2S. The van der Waals surface area contributed by atoms with Gasteiger partial charge in [0.05, 0.1) is 18.0 Å². The Labute approximate surface area is 185 Å². The largest absolute Gasteiger partial charge is 0.323 e. The molecule has 4 rings (SSSR count). The number of halogens is 2. The van der Waals surface area contributed by atoms with Gasteiger partial charge in [0.2, 0.25) is 5.91 Å². The second-order valence-corrected chi connectivity index (χ2v) is 7.84. The molecule has 0 bridgehead atoms. The number of aromatic nitrogens is 4. The number of hydrogen-bond acceptors (Lipinski definition) is 6. The van der Waals surface area contributed by atoms with Crippen LogP contribution in [-0.4, -0.2) is 31.2 Å². The first-order chi connectivity index (χ1) is 15.0. The summed E-state index contributed by atoms with van der Waals surface area (Å²) in [4.78, 5) is 38.0. The van der Waals surface area contributed by atoms with Crippen molar-refractivity contribution >= 4 is 46.1 Å². The van der Waals surface area contributed by atoms with Crippen molar-refractivity contribution in [3.63, 3.8) is 0 Å². The van der Waals surface area contributed by atoms with Crippen LogP contribution in [-0.2, 0) is 11.3 Å². The Morgan fingerprint density at radius 1 is 1.13 bits per heavy atom. The molecule has 0 aliphatic heterocycles. The Balaban J connectivity index is 1.60. The highest BCUT2D eigenvalue weighted by molar-refractivity contribution is 7.99. The van der Waals surface area contributed by atoms with Crippen LogP contribution in [0.4, 0.5) is 10.1 Å². The maximum atomic E-state index is 13.9. The lowest BCUT2D eigenvalue weighted by atomic mass is 10.2. The molecule has 0 aliphatic rings. The first kappa shape index (κ1) is 21.0. The second-order valence-electron chi connectivity index (χ2n) is 6.46. The van der Waals surface area contributed by atoms with Crippen LogP contribution in [0.3, 0.4) is 0 Å². The quantitative estimate of drug-likeness (QED) is 0.352. The van der Waals surface area contributed by atoms with Gasteiger partial charge >= 0.3 is 0 Å². The summed E-state index contributed by atoms with van der Waals surface area (Å²) < 4.78 is 15.4. The van der Waals surface area contributed by atoms with Crippen LogP contribution >= 0.6 is 23.4 Å². The number of fused-ring (bicyclic) bond motifs is 1. The number of carbonyl (C=O) groups is 1. The molecule has 0 fully saturated rings. The van der Waals surface area contributed by atoms with Crippen LogP contribution in [0.25, 0.3) is 11.2 Å². The van der Waals surface area contributed by atoms with Crippen molar-refractivity contribution in [1.82, 2.24) is 19.5 Å². The minimum atomic E-state index is -0.633. The van der Waals surface area contributed by atoms with Crippen LogP contribution in [0.1, 0.15) is 5.56 Å². The number of carbonyl (C=O) groups excluding carboxylic acids is 1. The molecule has 0 saturated carbocycles. The van der Waals surface area contributed by atoms with Gasteiger partial charge in [-0.25, -0.2) is 19.3 Å². The lowest BCUT2D eigenvalue weighted by Crippen LogP contribution is -2.26. The topological polar surface area (TPSA) is 89.8 Å². The summed E-state index contributed by atoms with van der Waals surface area (Å²) in [6.45, 7) is 0.259. The fourth-order valence-corrected chi connectivity index (χ4v) is 3.80. The minimum absolute atomic E-state index is 0.0222. The number of nitrogens with one attached hydrogen (secondary N) is 1. The third-order valence-electron chi connectivity index (χ3n) is 4.28. The molecule has 10 heteroatoms. The van der Waals surface area contributed by atoms with Gasteiger partial charge in [0.25, 0.3) is 5.56 Å². The predicted octanol–water partition coefficient (Wildman–Crippen LogP) is 3.76. The first-order valence-corrected chi connectivity index (χ1v) is 10.5. The van der Waals surface area contributed by atoms with Gasteiger partial charge in [-0.1, -0.05) is 53.7 Å². The molecule has 156 valence electrons. The van der Waals surface area contributed by atoms with E-state index in [9.17, 15) is 14.0 Å². The summed E-state index contributed by atoms with van der Waals surface area (Å²) in [6, 6.07) is 13.4. The molecule has 2 heterocycles. The molecule has 0 saturated heterocycles. The van der Waals surface area contributed by atoms with E-state index in [0.29, 0.717) is 5.16 Å². The molecule has 4 aromatic rings. The maximum Gasteiger partial charge on any atom is 0.282 e. The molecule has 0 aliphatic carbocycles. The van der Waals surface area contributed by atoms with E-state index in [2.05, 4.69) is 20.3 Å². The number of amides is 1. The van der Waals surface area contributed by atoms with Gasteiger partial charge in [-0.05, 0) is 23.8 Å². The van der Waals surface area contributed by atoms with Gasteiger partial charge in [0.1, 0.15) is 5.82 Å². The van der Waals surface area contributed by atoms with E-state index in [-0.39, 0.29) is 39.7 Å². The van der Waals surface area contributed by atoms with Gasteiger partial charge in [-0.3, -0.25) is 14.2 Å². The molecule has 1 N–H and O–H groups in total. The summed E-state index contributed by atoms with van der Waals surface area (Å²) in [5.74, 6) is -1.17. The van der Waals surface area contributed by atoms with E-state index < -0.39 is 11.7 Å². The van der Waals surface area contributed by atoms with Crippen LogP contribution in [0.15, 0.2) is 70.9 Å². The lowest BCUT2D eigenvalue weighted by Gasteiger charge is -2.12. The number of benzene rings is 2. The summed E-state index contributed by atoms with van der Waals surface area (Å²) in [5.41, 5.74) is 0.908. The highest BCUT2D eigenvalue weighted by Gasteiger charge is 2.16. The Morgan fingerprint density at radius 3 is 2.68 bits per heavy atom. The number of nitrogens with zero attached hydrogens (tertiary/aromatic N) is 4. The van der Waals surface area contributed by atoms with E-state index >= 15 is 0 Å². The third kappa shape index (κ3) is 4.89. The first-order valence-electron chi connectivity index (χ1n) is 9.14. The standard InChI is InChI=1S/C21H15ClFN5O2S/c22-14-6-7-16(15(23)10-14)26-17(29)12-31-21-27-19-18(24-8-9-25-19)20(30)28(21)11-13-4-2-1-3-5-13/h1-10H,11-12H2,(H,26,29). The Hall–Kier alpha value is -3.30. The van der Waals surface area contributed by atoms with Crippen LogP contribution in [0.5, 0.6) is 0 Å². The SMILES string of the molecule is O=C(CSc1nc2nccnc2c(=O)n1Cc1ccccc1)Nc1ccc(Cl)cc1F. The van der Waals surface area contributed by atoms with Crippen molar-refractivity contribution in [2.75, 3.05) is 11.1 Å². The summed E-state index contributed by atoms with van der Waals surface area (Å²) in [5, 5.41) is 3.04. The summed E-state index contributed by atoms with van der Waals surface area (Å²) in [7, 11) is 0. The van der Waals surface area contributed by atoms with Crippen molar-refractivity contribution in [2.24, 2.45) is 0 Å². The highest BCUT2D eigenvalue weighted by atomic mass is 35.5. The Morgan fingerprint density at radius 2 is 1.90 bits per heavy atom. The molecule has 31 heavy (non-hydrogen) atoms. The number of thioether (sulfide) groups is 1. The zero-order valence-electron chi connectivity index (χ0n) is 16.0. The predicted molar refractivity (Wildman–Crippen MR) is 118 cm³/mol. The number of hydrogen-bond donors (Lipinski definition) is 1. The number of rotatable bonds is 6. The minimum Gasteiger partial charge on any atom is -0.323 e. The Kier molecular flexibility index (Phi) is 6.24. The van der Waals surface area contributed by atoms with Gasteiger partial charge < -0.3 is 5.32 Å². The molecule has 0 radical (unpaired) electrons. The van der Waals surface area contributed by atoms with E-state index in [1.807, 2.05) is 30.3 Å². The van der Waals surface area contributed by atoms with Crippen molar-refractivity contribution < 1.29 is 9.18 Å².